The number of hydrogen-bond acceptors (Lipinski definition) is 6. The van der Waals surface area contributed by atoms with Crippen LogP contribution in [0.3, 0.4) is 0 Å². The molecule has 0 bridgehead atoms. The average molecular weight is 450 g/mol. The van der Waals surface area contributed by atoms with Gasteiger partial charge < -0.3 is 20.9 Å². The van der Waals surface area contributed by atoms with Crippen LogP contribution in [-0.4, -0.2) is 63.7 Å². The van der Waals surface area contributed by atoms with Gasteiger partial charge in [0.15, 0.2) is 0 Å². The second-order valence-electron chi connectivity index (χ2n) is 8.14. The van der Waals surface area contributed by atoms with Gasteiger partial charge in [0.1, 0.15) is 12.6 Å². The van der Waals surface area contributed by atoms with Crippen molar-refractivity contribution >= 4 is 35.1 Å². The number of aromatic nitrogens is 1. The predicted molar refractivity (Wildman–Crippen MR) is 121 cm³/mol. The summed E-state index contributed by atoms with van der Waals surface area (Å²) >= 11 is 0. The number of piperidine rings is 1. The summed E-state index contributed by atoms with van der Waals surface area (Å²) in [5.41, 5.74) is 1.89. The molecule has 10 heteroatoms. The molecular weight excluding hydrogens is 424 g/mol. The molecule has 3 N–H and O–H groups in total. The van der Waals surface area contributed by atoms with E-state index in [1.807, 2.05) is 0 Å². The van der Waals surface area contributed by atoms with Gasteiger partial charge in [0, 0.05) is 30.7 Å². The number of hydrogen-bond donors (Lipinski definition) is 3. The lowest BCUT2D eigenvalue weighted by Crippen LogP contribution is -2.70. The van der Waals surface area contributed by atoms with Crippen LogP contribution in [0.15, 0.2) is 48.8 Å². The number of carbonyl (C=O) groups is 4. The smallest absolute Gasteiger partial charge is 0.326 e. The number of pyridine rings is 1. The summed E-state index contributed by atoms with van der Waals surface area (Å²) in [6.07, 6.45) is 4.70. The number of nitrogens with zero attached hydrogens (tertiary/aromatic N) is 3. The van der Waals surface area contributed by atoms with E-state index in [0.717, 1.165) is 12.0 Å². The van der Waals surface area contributed by atoms with Crippen molar-refractivity contribution in [2.45, 2.75) is 38.4 Å². The predicted octanol–water partition coefficient (Wildman–Crippen LogP) is 1.56. The first-order chi connectivity index (χ1) is 15.9. The van der Waals surface area contributed by atoms with Gasteiger partial charge in [-0.25, -0.2) is 4.79 Å². The number of rotatable bonds is 6. The third-order valence-corrected chi connectivity index (χ3v) is 5.70. The van der Waals surface area contributed by atoms with Gasteiger partial charge >= 0.3 is 6.03 Å². The molecule has 2 unspecified atom stereocenters. The minimum atomic E-state index is -0.544. The SMILES string of the molecule is CC(=O)Nc1ccc(NC(=O)CN2C(=O)N(Cc3cccnc3)C(=O)C3NCCCC32)cc1. The van der Waals surface area contributed by atoms with E-state index in [4.69, 9.17) is 0 Å². The third kappa shape index (κ3) is 5.17. The molecule has 0 spiro atoms. The molecule has 2 atom stereocenters. The van der Waals surface area contributed by atoms with Crippen molar-refractivity contribution in [1.82, 2.24) is 20.1 Å². The molecule has 2 aromatic rings. The van der Waals surface area contributed by atoms with E-state index in [2.05, 4.69) is 20.9 Å². The Kier molecular flexibility index (Phi) is 6.64. The number of urea groups is 1. The highest BCUT2D eigenvalue weighted by Gasteiger charge is 2.47. The second kappa shape index (κ2) is 9.78. The van der Waals surface area contributed by atoms with Crippen molar-refractivity contribution in [1.29, 1.82) is 0 Å². The fourth-order valence-electron chi connectivity index (χ4n) is 4.22. The van der Waals surface area contributed by atoms with Crippen LogP contribution >= 0.6 is 0 Å². The molecule has 1 aromatic carbocycles. The van der Waals surface area contributed by atoms with Crippen molar-refractivity contribution < 1.29 is 19.2 Å². The Bertz CT molecular complexity index is 1040. The number of imide groups is 1. The molecule has 2 aliphatic heterocycles. The van der Waals surface area contributed by atoms with E-state index in [1.54, 1.807) is 48.8 Å². The summed E-state index contributed by atoms with van der Waals surface area (Å²) in [6, 6.07) is 8.85. The highest BCUT2D eigenvalue weighted by atomic mass is 16.2. The Morgan fingerprint density at radius 2 is 1.85 bits per heavy atom. The highest BCUT2D eigenvalue weighted by molar-refractivity contribution is 6.03. The lowest BCUT2D eigenvalue weighted by molar-refractivity contribution is -0.138. The molecule has 0 saturated carbocycles. The maximum Gasteiger partial charge on any atom is 0.327 e. The lowest BCUT2D eigenvalue weighted by atomic mass is 9.93. The first kappa shape index (κ1) is 22.4. The average Bonchev–Trinajstić information content (AvgIpc) is 2.81. The van der Waals surface area contributed by atoms with Crippen molar-refractivity contribution in [2.24, 2.45) is 0 Å². The van der Waals surface area contributed by atoms with Crippen molar-refractivity contribution in [2.75, 3.05) is 23.7 Å². The maximum absolute atomic E-state index is 13.3. The fourth-order valence-corrected chi connectivity index (χ4v) is 4.22. The normalized spacial score (nSPS) is 20.3. The molecule has 2 fully saturated rings. The summed E-state index contributed by atoms with van der Waals surface area (Å²) in [4.78, 5) is 57.0. The molecular formula is C23H26N6O4. The van der Waals surface area contributed by atoms with Gasteiger partial charge in [-0.3, -0.25) is 24.3 Å². The van der Waals surface area contributed by atoms with Gasteiger partial charge in [-0.2, -0.15) is 0 Å². The Hall–Kier alpha value is -3.79. The zero-order valence-electron chi connectivity index (χ0n) is 18.3. The monoisotopic (exact) mass is 450 g/mol. The lowest BCUT2D eigenvalue weighted by Gasteiger charge is -2.46. The van der Waals surface area contributed by atoms with Crippen LogP contribution in [-0.2, 0) is 20.9 Å². The first-order valence-corrected chi connectivity index (χ1v) is 10.8. The van der Waals surface area contributed by atoms with Gasteiger partial charge in [-0.05, 0) is 55.3 Å². The molecule has 10 nitrogen and oxygen atoms in total. The number of fused-ring (bicyclic) bond motifs is 1. The summed E-state index contributed by atoms with van der Waals surface area (Å²) in [7, 11) is 0. The first-order valence-electron chi connectivity index (χ1n) is 10.8. The van der Waals surface area contributed by atoms with Crippen molar-refractivity contribution in [3.05, 3.63) is 54.4 Å². The Morgan fingerprint density at radius 3 is 2.52 bits per heavy atom. The summed E-state index contributed by atoms with van der Waals surface area (Å²) in [5, 5.41) is 8.66. The Balaban J connectivity index is 1.48. The second-order valence-corrected chi connectivity index (χ2v) is 8.14. The highest BCUT2D eigenvalue weighted by Crippen LogP contribution is 2.26. The summed E-state index contributed by atoms with van der Waals surface area (Å²) in [6.45, 7) is 2.02. The zero-order valence-corrected chi connectivity index (χ0v) is 18.3. The Labute approximate surface area is 191 Å². The topological polar surface area (TPSA) is 124 Å². The van der Waals surface area contributed by atoms with Crippen LogP contribution in [0, 0.1) is 0 Å². The zero-order chi connectivity index (χ0) is 23.4. The number of amides is 5. The van der Waals surface area contributed by atoms with E-state index >= 15 is 0 Å². The summed E-state index contributed by atoms with van der Waals surface area (Å²) in [5.74, 6) is -0.828. The molecule has 33 heavy (non-hydrogen) atoms. The van der Waals surface area contributed by atoms with Gasteiger partial charge in [-0.1, -0.05) is 6.07 Å². The van der Waals surface area contributed by atoms with Crippen LogP contribution in [0.5, 0.6) is 0 Å². The van der Waals surface area contributed by atoms with Crippen LogP contribution in [0.1, 0.15) is 25.3 Å². The van der Waals surface area contributed by atoms with Crippen LogP contribution in [0.2, 0.25) is 0 Å². The molecule has 2 saturated heterocycles. The van der Waals surface area contributed by atoms with Crippen molar-refractivity contribution in [3.8, 4) is 0 Å². The van der Waals surface area contributed by atoms with Crippen LogP contribution in [0.4, 0.5) is 16.2 Å². The Morgan fingerprint density at radius 1 is 1.12 bits per heavy atom. The van der Waals surface area contributed by atoms with Gasteiger partial charge in [-0.15, -0.1) is 0 Å². The molecule has 4 rings (SSSR count). The fraction of sp³-hybridized carbons (Fsp3) is 0.348. The minimum absolute atomic E-state index is 0.0964. The van der Waals surface area contributed by atoms with E-state index in [9.17, 15) is 19.2 Å². The van der Waals surface area contributed by atoms with E-state index < -0.39 is 12.1 Å². The maximum atomic E-state index is 13.3. The number of nitrogens with one attached hydrogen (secondary N) is 3. The number of anilines is 2. The largest absolute Gasteiger partial charge is 0.327 e. The summed E-state index contributed by atoms with van der Waals surface area (Å²) < 4.78 is 0. The molecule has 172 valence electrons. The number of benzene rings is 1. The molecule has 5 amide bonds. The van der Waals surface area contributed by atoms with Crippen LogP contribution < -0.4 is 16.0 Å². The molecule has 1 aromatic heterocycles. The molecule has 0 aliphatic carbocycles. The van der Waals surface area contributed by atoms with E-state index in [1.165, 1.54) is 16.7 Å². The van der Waals surface area contributed by atoms with Crippen LogP contribution in [0.25, 0.3) is 0 Å². The quantitative estimate of drug-likeness (QED) is 0.614. The van der Waals surface area contributed by atoms with Gasteiger partial charge in [0.2, 0.25) is 17.7 Å². The van der Waals surface area contributed by atoms with Gasteiger partial charge in [0.25, 0.3) is 0 Å². The minimum Gasteiger partial charge on any atom is -0.326 e. The third-order valence-electron chi connectivity index (χ3n) is 5.70. The van der Waals surface area contributed by atoms with E-state index in [0.29, 0.717) is 24.3 Å². The van der Waals surface area contributed by atoms with Gasteiger partial charge in [0.05, 0.1) is 12.6 Å². The van der Waals surface area contributed by atoms with Crippen molar-refractivity contribution in [3.63, 3.8) is 0 Å². The number of carbonyl (C=O) groups excluding carboxylic acids is 4. The molecule has 0 radical (unpaired) electrons. The standard InChI is InChI=1S/C23H26N6O4/c1-15(30)26-17-6-8-18(9-7-17)27-20(31)14-28-19-5-3-11-25-21(19)22(32)29(23(28)33)13-16-4-2-10-24-12-16/h2,4,6-10,12,19,21,25H,3,5,11,13-14H2,1H3,(H,26,30)(H,27,31). The molecule has 2 aliphatic rings. The van der Waals surface area contributed by atoms with E-state index in [-0.39, 0.29) is 36.9 Å². The molecule has 3 heterocycles.